The van der Waals surface area contributed by atoms with Gasteiger partial charge in [0.05, 0.1) is 37.1 Å². The number of hydrogen-bond acceptors (Lipinski definition) is 10. The van der Waals surface area contributed by atoms with E-state index in [2.05, 4.69) is 11.9 Å². The minimum atomic E-state index is -1.07. The number of unbranched alkanes of at least 4 members (excludes halogenated alkanes) is 2. The maximum absolute atomic E-state index is 13.8. The summed E-state index contributed by atoms with van der Waals surface area (Å²) in [5.74, 6) is -0.923. The molecule has 1 aromatic heterocycles. The van der Waals surface area contributed by atoms with Crippen LogP contribution in [0.3, 0.4) is 0 Å². The Morgan fingerprint density at radius 3 is 2.60 bits per heavy atom. The summed E-state index contributed by atoms with van der Waals surface area (Å²) < 4.78 is 22.9. The SMILES string of the molecule is CCCCCOc1ccc([C@@H]2/C(=C(\O)c3ccc4c(c3)C[C@H](C)O4)C(=O)C(=O)N2c2nc(C)c(C(=O)OCC)s2)cc1OCC. The summed E-state index contributed by atoms with van der Waals surface area (Å²) in [6, 6.07) is 9.36. The first-order valence-corrected chi connectivity index (χ1v) is 16.1. The maximum atomic E-state index is 13.8. The van der Waals surface area contributed by atoms with Gasteiger partial charge in [0.1, 0.15) is 22.5 Å². The molecule has 0 aliphatic carbocycles. The number of aliphatic hydroxyl groups excluding tert-OH is 1. The zero-order valence-corrected chi connectivity index (χ0v) is 27.0. The number of esters is 1. The van der Waals surface area contributed by atoms with Crippen molar-refractivity contribution in [1.82, 2.24) is 4.98 Å². The van der Waals surface area contributed by atoms with Gasteiger partial charge in [-0.3, -0.25) is 14.5 Å². The number of benzene rings is 2. The van der Waals surface area contributed by atoms with Gasteiger partial charge in [-0.2, -0.15) is 0 Å². The number of ketones is 1. The van der Waals surface area contributed by atoms with Crippen molar-refractivity contribution in [3.8, 4) is 17.2 Å². The molecule has 3 heterocycles. The quantitative estimate of drug-likeness (QED) is 0.0777. The Balaban J connectivity index is 1.65. The lowest BCUT2D eigenvalue weighted by Gasteiger charge is -2.24. The van der Waals surface area contributed by atoms with Crippen LogP contribution < -0.4 is 19.1 Å². The third-order valence-electron chi connectivity index (χ3n) is 7.65. The second kappa shape index (κ2) is 13.7. The van der Waals surface area contributed by atoms with Gasteiger partial charge in [-0.15, -0.1) is 0 Å². The van der Waals surface area contributed by atoms with Gasteiger partial charge in [0.25, 0.3) is 5.78 Å². The van der Waals surface area contributed by atoms with E-state index in [1.807, 2.05) is 13.8 Å². The number of Topliss-reactive ketones (excluding diaryl/α,β-unsaturated/α-hetero) is 1. The molecular weight excluding hydrogens is 596 g/mol. The molecule has 2 atom stereocenters. The first kappa shape index (κ1) is 32.0. The van der Waals surface area contributed by atoms with Crippen LogP contribution in [0.4, 0.5) is 5.13 Å². The molecule has 10 nitrogen and oxygen atoms in total. The average Bonchev–Trinajstić information content (AvgIpc) is 3.67. The van der Waals surface area contributed by atoms with Crippen LogP contribution in [0.25, 0.3) is 5.76 Å². The normalized spacial score (nSPS) is 18.6. The van der Waals surface area contributed by atoms with Crippen molar-refractivity contribution in [2.24, 2.45) is 0 Å². The van der Waals surface area contributed by atoms with Gasteiger partial charge in [-0.1, -0.05) is 37.2 Å². The highest BCUT2D eigenvalue weighted by Crippen LogP contribution is 2.46. The highest BCUT2D eigenvalue weighted by atomic mass is 32.1. The summed E-state index contributed by atoms with van der Waals surface area (Å²) in [5.41, 5.74) is 2.06. The molecule has 238 valence electrons. The van der Waals surface area contributed by atoms with Gasteiger partial charge in [0.2, 0.25) is 0 Å². The largest absolute Gasteiger partial charge is 0.507 e. The van der Waals surface area contributed by atoms with E-state index < -0.39 is 23.7 Å². The Kier molecular flexibility index (Phi) is 9.77. The Bertz CT molecular complexity index is 1640. The van der Waals surface area contributed by atoms with Gasteiger partial charge in [-0.25, -0.2) is 9.78 Å². The lowest BCUT2D eigenvalue weighted by atomic mass is 9.94. The van der Waals surface area contributed by atoms with Crippen LogP contribution in [-0.4, -0.2) is 53.7 Å². The molecule has 45 heavy (non-hydrogen) atoms. The molecule has 1 N–H and O–H groups in total. The summed E-state index contributed by atoms with van der Waals surface area (Å²) in [6.45, 7) is 10.3. The third-order valence-corrected chi connectivity index (χ3v) is 8.79. The molecule has 2 aliphatic rings. The van der Waals surface area contributed by atoms with Gasteiger partial charge in [0.15, 0.2) is 16.6 Å². The zero-order valence-electron chi connectivity index (χ0n) is 26.2. The van der Waals surface area contributed by atoms with Crippen LogP contribution in [0, 0.1) is 6.92 Å². The topological polar surface area (TPSA) is 124 Å². The van der Waals surface area contributed by atoms with Gasteiger partial charge in [-0.05, 0) is 75.6 Å². The van der Waals surface area contributed by atoms with Crippen LogP contribution in [0.5, 0.6) is 17.2 Å². The smallest absolute Gasteiger partial charge is 0.350 e. The minimum absolute atomic E-state index is 0.00981. The van der Waals surface area contributed by atoms with E-state index in [-0.39, 0.29) is 34.1 Å². The number of carbonyl (C=O) groups is 3. The van der Waals surface area contributed by atoms with Crippen molar-refractivity contribution in [1.29, 1.82) is 0 Å². The molecular formula is C34H38N2O8S. The Morgan fingerprint density at radius 1 is 1.07 bits per heavy atom. The summed E-state index contributed by atoms with van der Waals surface area (Å²) >= 11 is 0.959. The molecule has 0 spiro atoms. The lowest BCUT2D eigenvalue weighted by Crippen LogP contribution is -2.29. The molecule has 1 saturated heterocycles. The van der Waals surface area contributed by atoms with Crippen molar-refractivity contribution in [2.45, 2.75) is 72.4 Å². The van der Waals surface area contributed by atoms with Crippen LogP contribution in [0.2, 0.25) is 0 Å². The number of hydrogen-bond donors (Lipinski definition) is 1. The first-order valence-electron chi connectivity index (χ1n) is 15.3. The third kappa shape index (κ3) is 6.40. The van der Waals surface area contributed by atoms with Crippen LogP contribution >= 0.6 is 11.3 Å². The Hall–Kier alpha value is -4.38. The van der Waals surface area contributed by atoms with E-state index in [1.54, 1.807) is 50.2 Å². The number of nitrogens with zero attached hydrogens (tertiary/aromatic N) is 2. The van der Waals surface area contributed by atoms with E-state index >= 15 is 0 Å². The fourth-order valence-electron chi connectivity index (χ4n) is 5.56. The number of fused-ring (bicyclic) bond motifs is 1. The van der Waals surface area contributed by atoms with E-state index in [9.17, 15) is 19.5 Å². The number of amides is 1. The van der Waals surface area contributed by atoms with Crippen molar-refractivity contribution in [3.63, 3.8) is 0 Å². The number of anilines is 1. The number of thiazole rings is 1. The molecule has 0 saturated carbocycles. The molecule has 3 aromatic rings. The van der Waals surface area contributed by atoms with E-state index in [1.165, 1.54) is 4.90 Å². The molecule has 0 radical (unpaired) electrons. The summed E-state index contributed by atoms with van der Waals surface area (Å²) in [5, 5.41) is 11.8. The fraction of sp³-hybridized carbons (Fsp3) is 0.412. The van der Waals surface area contributed by atoms with E-state index in [0.717, 1.165) is 41.9 Å². The highest BCUT2D eigenvalue weighted by molar-refractivity contribution is 7.17. The van der Waals surface area contributed by atoms with E-state index in [0.29, 0.717) is 48.0 Å². The second-order valence-corrected chi connectivity index (χ2v) is 11.9. The zero-order chi connectivity index (χ0) is 32.2. The summed E-state index contributed by atoms with van der Waals surface area (Å²) in [4.78, 5) is 46.1. The molecule has 0 unspecified atom stereocenters. The lowest BCUT2D eigenvalue weighted by molar-refractivity contribution is -0.132. The number of aliphatic hydroxyl groups is 1. The standard InChI is InChI=1S/C34H38N2O8S/c1-6-9-10-15-43-25-14-11-21(18-26(25)41-7-2)28-27(29(37)22-12-13-24-23(17-22)16-19(4)44-24)30(38)32(39)36(28)34-35-20(5)31(45-34)33(40)42-8-3/h11-14,17-19,28,37H,6-10,15-16H2,1-5H3/b29-27+/t19-,28+/m0/s1. The van der Waals surface area contributed by atoms with Crippen LogP contribution in [0.15, 0.2) is 42.0 Å². The van der Waals surface area contributed by atoms with Crippen LogP contribution in [-0.2, 0) is 20.7 Å². The maximum Gasteiger partial charge on any atom is 0.350 e. The van der Waals surface area contributed by atoms with Crippen LogP contribution in [0.1, 0.15) is 85.1 Å². The predicted octanol–water partition coefficient (Wildman–Crippen LogP) is 6.55. The second-order valence-electron chi connectivity index (χ2n) is 11.0. The Morgan fingerprint density at radius 2 is 1.87 bits per heavy atom. The Labute approximate surface area is 266 Å². The van der Waals surface area contributed by atoms with Crippen molar-refractivity contribution < 1.29 is 38.4 Å². The summed E-state index contributed by atoms with van der Waals surface area (Å²) in [7, 11) is 0. The molecule has 2 aliphatic heterocycles. The minimum Gasteiger partial charge on any atom is -0.507 e. The molecule has 1 amide bonds. The monoisotopic (exact) mass is 634 g/mol. The predicted molar refractivity (Wildman–Crippen MR) is 170 cm³/mol. The first-order chi connectivity index (χ1) is 21.7. The highest BCUT2D eigenvalue weighted by Gasteiger charge is 2.49. The molecule has 5 rings (SSSR count). The molecule has 2 aromatic carbocycles. The van der Waals surface area contributed by atoms with Crippen molar-refractivity contribution >= 4 is 39.9 Å². The van der Waals surface area contributed by atoms with Crippen molar-refractivity contribution in [3.05, 3.63) is 69.2 Å². The molecule has 0 bridgehead atoms. The van der Waals surface area contributed by atoms with Gasteiger partial charge >= 0.3 is 11.9 Å². The number of carbonyl (C=O) groups excluding carboxylic acids is 3. The average molecular weight is 635 g/mol. The van der Waals surface area contributed by atoms with Gasteiger partial charge < -0.3 is 24.1 Å². The number of rotatable bonds is 12. The van der Waals surface area contributed by atoms with Crippen molar-refractivity contribution in [2.75, 3.05) is 24.7 Å². The number of ether oxygens (including phenoxy) is 4. The fourth-order valence-corrected chi connectivity index (χ4v) is 6.55. The molecule has 11 heteroatoms. The summed E-state index contributed by atoms with van der Waals surface area (Å²) in [6.07, 6.45) is 3.63. The van der Waals surface area contributed by atoms with E-state index in [4.69, 9.17) is 18.9 Å². The molecule has 1 fully saturated rings. The van der Waals surface area contributed by atoms with Gasteiger partial charge in [0, 0.05) is 12.0 Å². The number of aromatic nitrogens is 1. The number of aryl methyl sites for hydroxylation is 1.